The zero-order chi connectivity index (χ0) is 11.9. The number of phenolic OH excluding ortho intramolecular Hbond substituents is 1. The molecule has 0 aliphatic heterocycles. The highest BCUT2D eigenvalue weighted by atomic mass is 16.3. The quantitative estimate of drug-likeness (QED) is 0.817. The highest BCUT2D eigenvalue weighted by Crippen LogP contribution is 2.46. The molecule has 16 heavy (non-hydrogen) atoms. The molecule has 0 amide bonds. The number of nitrogens with zero attached hydrogens (tertiary/aromatic N) is 1. The molecule has 0 radical (unpaired) electrons. The van der Waals surface area contributed by atoms with E-state index in [1.54, 1.807) is 0 Å². The van der Waals surface area contributed by atoms with Gasteiger partial charge in [-0.3, -0.25) is 0 Å². The monoisotopic (exact) mass is 221 g/mol. The maximum atomic E-state index is 10.1. The van der Waals surface area contributed by atoms with Crippen LogP contribution in [0.15, 0.2) is 12.1 Å². The van der Waals surface area contributed by atoms with Crippen LogP contribution >= 0.6 is 0 Å². The second kappa shape index (κ2) is 3.75. The minimum atomic E-state index is -0.625. The van der Waals surface area contributed by atoms with Crippen LogP contribution in [-0.2, 0) is 12.1 Å². The normalized spacial score (nSPS) is 17.8. The van der Waals surface area contributed by atoms with Crippen molar-refractivity contribution in [1.29, 1.82) is 0 Å². The van der Waals surface area contributed by atoms with E-state index in [1.807, 2.05) is 38.1 Å². The van der Waals surface area contributed by atoms with E-state index in [2.05, 4.69) is 0 Å². The Bertz CT molecular complexity index is 409. The Balaban J connectivity index is 2.39. The third kappa shape index (κ3) is 2.06. The lowest BCUT2D eigenvalue weighted by molar-refractivity contribution is 0.151. The van der Waals surface area contributed by atoms with Gasteiger partial charge in [0.25, 0.3) is 0 Å². The second-order valence-electron chi connectivity index (χ2n) is 5.07. The van der Waals surface area contributed by atoms with Crippen molar-refractivity contribution < 1.29 is 10.2 Å². The Kier molecular flexibility index (Phi) is 2.68. The highest BCUT2D eigenvalue weighted by Gasteiger charge is 2.42. The van der Waals surface area contributed by atoms with E-state index < -0.39 is 5.60 Å². The first-order chi connectivity index (χ1) is 7.42. The number of benzene rings is 1. The summed E-state index contributed by atoms with van der Waals surface area (Å²) in [4.78, 5) is 2.01. The summed E-state index contributed by atoms with van der Waals surface area (Å²) in [5, 5.41) is 20.0. The lowest BCUT2D eigenvalue weighted by Crippen LogP contribution is -2.13. The molecule has 0 unspecified atom stereocenters. The molecule has 3 nitrogen and oxygen atoms in total. The highest BCUT2D eigenvalue weighted by molar-refractivity contribution is 5.45. The summed E-state index contributed by atoms with van der Waals surface area (Å²) in [5.74, 6) is 0.349. The first kappa shape index (κ1) is 11.4. The van der Waals surface area contributed by atoms with Crippen LogP contribution in [0.25, 0.3) is 0 Å². The number of rotatable bonds is 3. The maximum absolute atomic E-state index is 10.1. The van der Waals surface area contributed by atoms with Crippen molar-refractivity contribution >= 4 is 0 Å². The standard InChI is InChI=1S/C13H19NO2/c1-9-6-11(13(16)4-5-13)7-10(12(9)15)8-14(2)3/h6-7,15-16H,4-5,8H2,1-3H3. The number of aromatic hydroxyl groups is 1. The van der Waals surface area contributed by atoms with Crippen LogP contribution in [0.5, 0.6) is 5.75 Å². The third-order valence-corrected chi connectivity index (χ3v) is 3.13. The Morgan fingerprint density at radius 3 is 2.44 bits per heavy atom. The summed E-state index contributed by atoms with van der Waals surface area (Å²) in [6, 6.07) is 3.82. The van der Waals surface area contributed by atoms with Crippen molar-refractivity contribution in [1.82, 2.24) is 4.90 Å². The minimum Gasteiger partial charge on any atom is -0.507 e. The van der Waals surface area contributed by atoms with Gasteiger partial charge in [0.15, 0.2) is 0 Å². The number of hydrogen-bond acceptors (Lipinski definition) is 3. The first-order valence-electron chi connectivity index (χ1n) is 5.62. The summed E-state index contributed by atoms with van der Waals surface area (Å²) in [5.41, 5.74) is 2.05. The number of aliphatic hydroxyl groups is 1. The van der Waals surface area contributed by atoms with Crippen LogP contribution in [0.3, 0.4) is 0 Å². The fraction of sp³-hybridized carbons (Fsp3) is 0.538. The summed E-state index contributed by atoms with van der Waals surface area (Å²) in [7, 11) is 3.93. The van der Waals surface area contributed by atoms with E-state index in [4.69, 9.17) is 0 Å². The Morgan fingerprint density at radius 2 is 1.94 bits per heavy atom. The van der Waals surface area contributed by atoms with E-state index in [0.717, 1.165) is 29.5 Å². The van der Waals surface area contributed by atoms with Crippen molar-refractivity contribution in [2.45, 2.75) is 31.9 Å². The predicted molar refractivity (Wildman–Crippen MR) is 63.4 cm³/mol. The van der Waals surface area contributed by atoms with Crippen molar-refractivity contribution in [2.75, 3.05) is 14.1 Å². The van der Waals surface area contributed by atoms with E-state index in [9.17, 15) is 10.2 Å². The van der Waals surface area contributed by atoms with Crippen LogP contribution in [0.2, 0.25) is 0 Å². The van der Waals surface area contributed by atoms with Crippen LogP contribution < -0.4 is 0 Å². The summed E-state index contributed by atoms with van der Waals surface area (Å²) in [6.07, 6.45) is 1.66. The SMILES string of the molecule is Cc1cc(C2(O)CC2)cc(CN(C)C)c1O. The van der Waals surface area contributed by atoms with Gasteiger partial charge in [-0.05, 0) is 57.1 Å². The van der Waals surface area contributed by atoms with Crippen molar-refractivity contribution in [2.24, 2.45) is 0 Å². The predicted octanol–water partition coefficient (Wildman–Crippen LogP) is 1.74. The van der Waals surface area contributed by atoms with Gasteiger partial charge in [-0.2, -0.15) is 0 Å². The fourth-order valence-corrected chi connectivity index (χ4v) is 1.99. The van der Waals surface area contributed by atoms with Gasteiger partial charge in [0.05, 0.1) is 5.60 Å². The molecule has 1 aromatic carbocycles. The topological polar surface area (TPSA) is 43.7 Å². The van der Waals surface area contributed by atoms with Crippen molar-refractivity contribution in [3.63, 3.8) is 0 Å². The molecule has 0 atom stereocenters. The molecule has 0 spiro atoms. The van der Waals surface area contributed by atoms with Crippen LogP contribution in [0.4, 0.5) is 0 Å². The number of phenols is 1. The largest absolute Gasteiger partial charge is 0.507 e. The van der Waals surface area contributed by atoms with Crippen LogP contribution in [0, 0.1) is 6.92 Å². The van der Waals surface area contributed by atoms with Gasteiger partial charge in [-0.1, -0.05) is 0 Å². The zero-order valence-corrected chi connectivity index (χ0v) is 10.1. The molecule has 2 N–H and O–H groups in total. The van der Waals surface area contributed by atoms with E-state index >= 15 is 0 Å². The molecule has 1 saturated carbocycles. The summed E-state index contributed by atoms with van der Waals surface area (Å²) >= 11 is 0. The molecule has 0 bridgehead atoms. The molecule has 1 aliphatic carbocycles. The minimum absolute atomic E-state index is 0.349. The van der Waals surface area contributed by atoms with Gasteiger partial charge in [-0.25, -0.2) is 0 Å². The number of aryl methyl sites for hydroxylation is 1. The van der Waals surface area contributed by atoms with Gasteiger partial charge in [-0.15, -0.1) is 0 Å². The molecule has 1 aromatic rings. The summed E-state index contributed by atoms with van der Waals surface area (Å²) in [6.45, 7) is 2.57. The van der Waals surface area contributed by atoms with E-state index in [0.29, 0.717) is 12.3 Å². The molecule has 88 valence electrons. The van der Waals surface area contributed by atoms with Crippen molar-refractivity contribution in [3.05, 3.63) is 28.8 Å². The van der Waals surface area contributed by atoms with E-state index in [1.165, 1.54) is 0 Å². The zero-order valence-electron chi connectivity index (χ0n) is 10.1. The summed E-state index contributed by atoms with van der Waals surface area (Å²) < 4.78 is 0. The van der Waals surface area contributed by atoms with Gasteiger partial charge in [0.1, 0.15) is 5.75 Å². The molecule has 0 saturated heterocycles. The molecular formula is C13H19NO2. The molecular weight excluding hydrogens is 202 g/mol. The molecule has 1 fully saturated rings. The average molecular weight is 221 g/mol. The van der Waals surface area contributed by atoms with Crippen LogP contribution in [-0.4, -0.2) is 29.2 Å². The lowest BCUT2D eigenvalue weighted by Gasteiger charge is -2.16. The number of hydrogen-bond donors (Lipinski definition) is 2. The first-order valence-corrected chi connectivity index (χ1v) is 5.62. The van der Waals surface area contributed by atoms with Crippen molar-refractivity contribution in [3.8, 4) is 5.75 Å². The lowest BCUT2D eigenvalue weighted by atomic mass is 9.99. The van der Waals surface area contributed by atoms with Crippen LogP contribution in [0.1, 0.15) is 29.5 Å². The van der Waals surface area contributed by atoms with Gasteiger partial charge in [0.2, 0.25) is 0 Å². The van der Waals surface area contributed by atoms with Gasteiger partial charge < -0.3 is 15.1 Å². The third-order valence-electron chi connectivity index (χ3n) is 3.13. The van der Waals surface area contributed by atoms with Gasteiger partial charge >= 0.3 is 0 Å². The Hall–Kier alpha value is -1.06. The molecule has 0 aromatic heterocycles. The molecule has 2 rings (SSSR count). The smallest absolute Gasteiger partial charge is 0.122 e. The maximum Gasteiger partial charge on any atom is 0.122 e. The van der Waals surface area contributed by atoms with Gasteiger partial charge in [0, 0.05) is 12.1 Å². The average Bonchev–Trinajstić information content (AvgIpc) is 2.92. The molecule has 3 heteroatoms. The second-order valence-corrected chi connectivity index (χ2v) is 5.07. The Labute approximate surface area is 96.3 Å². The molecule has 0 heterocycles. The molecule has 1 aliphatic rings. The van der Waals surface area contributed by atoms with E-state index in [-0.39, 0.29) is 0 Å². The Morgan fingerprint density at radius 1 is 1.31 bits per heavy atom. The fourth-order valence-electron chi connectivity index (χ4n) is 1.99.